The van der Waals surface area contributed by atoms with Crippen LogP contribution in [0.2, 0.25) is 0 Å². The van der Waals surface area contributed by atoms with E-state index in [4.69, 9.17) is 0 Å². The van der Waals surface area contributed by atoms with Crippen LogP contribution in [0.1, 0.15) is 211 Å². The minimum absolute atomic E-state index is 0.666. The van der Waals surface area contributed by atoms with Gasteiger partial charge >= 0.3 is 0 Å². The first-order valence-corrected chi connectivity index (χ1v) is 19.5. The highest BCUT2D eigenvalue weighted by Gasteiger charge is 2.22. The number of hydrogen-bond acceptors (Lipinski definition) is 0. The van der Waals surface area contributed by atoms with E-state index in [2.05, 4.69) is 66.1 Å². The van der Waals surface area contributed by atoms with Crippen LogP contribution >= 0.6 is 0 Å². The van der Waals surface area contributed by atoms with E-state index in [0.717, 1.165) is 6.54 Å². The molecule has 0 spiro atoms. The molecule has 2 rings (SSSR count). The van der Waals surface area contributed by atoms with E-state index in [1.165, 1.54) is 191 Å². The molecule has 1 aromatic heterocycles. The fourth-order valence-corrected chi connectivity index (χ4v) is 6.88. The largest absolute Gasteiger partial charge is 0.257 e. The van der Waals surface area contributed by atoms with Crippen molar-refractivity contribution in [1.29, 1.82) is 0 Å². The molecule has 0 aliphatic rings. The summed E-state index contributed by atoms with van der Waals surface area (Å²) in [7, 11) is 0. The zero-order chi connectivity index (χ0) is 30.5. The molecule has 0 bridgehead atoms. The molecular formula is C41H73N2+. The number of rotatable bonds is 31. The summed E-state index contributed by atoms with van der Waals surface area (Å²) in [5, 5.41) is 0. The van der Waals surface area contributed by atoms with E-state index >= 15 is 0 Å². The quantitative estimate of drug-likeness (QED) is 0.0662. The van der Waals surface area contributed by atoms with Crippen LogP contribution in [0.5, 0.6) is 0 Å². The Balaban J connectivity index is 1.61. The van der Waals surface area contributed by atoms with E-state index in [0.29, 0.717) is 5.92 Å². The minimum atomic E-state index is 0.666. The Hall–Kier alpha value is -1.57. The number of nitrogens with one attached hydrogen (secondary N) is 1. The summed E-state index contributed by atoms with van der Waals surface area (Å²) in [6, 6.07) is 11.0. The molecule has 0 amide bonds. The van der Waals surface area contributed by atoms with Gasteiger partial charge in [-0.2, -0.15) is 0 Å². The number of hydrogen-bond donors (Lipinski definition) is 1. The van der Waals surface area contributed by atoms with E-state index < -0.39 is 0 Å². The van der Waals surface area contributed by atoms with E-state index in [1.54, 1.807) is 0 Å². The summed E-state index contributed by atoms with van der Waals surface area (Å²) < 4.78 is 2.49. The topological polar surface area (TPSA) is 19.7 Å². The lowest BCUT2D eigenvalue weighted by atomic mass is 9.93. The standard InChI is InChI=1S/C41H72N2/c1-3-5-7-9-11-13-15-16-17-18-19-20-22-24-26-31-35-40(34-30-25-23-21-14-12-10-8-6-4-2)41-42-36-37-43(41)38-39-32-28-27-29-33-39/h27-29,32-33,36-37,40H,3-26,30-31,34-35,38H2,1-2H3/p+1/t40-/m0/s1. The van der Waals surface area contributed by atoms with Gasteiger partial charge in [-0.1, -0.05) is 211 Å². The van der Waals surface area contributed by atoms with Crippen LogP contribution in [-0.2, 0) is 6.54 Å². The molecular weight excluding hydrogens is 520 g/mol. The van der Waals surface area contributed by atoms with Crippen molar-refractivity contribution >= 4 is 0 Å². The average molecular weight is 594 g/mol. The highest BCUT2D eigenvalue weighted by molar-refractivity contribution is 5.13. The molecule has 0 saturated carbocycles. The first-order chi connectivity index (χ1) is 21.3. The Kier molecular flexibility index (Phi) is 24.4. The van der Waals surface area contributed by atoms with Crippen LogP contribution in [-0.4, -0.2) is 4.98 Å². The van der Waals surface area contributed by atoms with Crippen LogP contribution in [0, 0.1) is 0 Å². The molecule has 0 radical (unpaired) electrons. The molecule has 0 aliphatic heterocycles. The van der Waals surface area contributed by atoms with Gasteiger partial charge in [0.1, 0.15) is 18.9 Å². The third kappa shape index (κ3) is 20.2. The van der Waals surface area contributed by atoms with E-state index in [1.807, 2.05) is 0 Å². The molecule has 1 heterocycles. The molecule has 0 fully saturated rings. The molecule has 43 heavy (non-hydrogen) atoms. The fraction of sp³-hybridized carbons (Fsp3) is 0.780. The Morgan fingerprint density at radius 1 is 0.488 bits per heavy atom. The van der Waals surface area contributed by atoms with E-state index in [9.17, 15) is 0 Å². The van der Waals surface area contributed by atoms with Gasteiger partial charge in [-0.3, -0.25) is 0 Å². The van der Waals surface area contributed by atoms with Crippen LogP contribution < -0.4 is 4.57 Å². The first kappa shape index (κ1) is 37.6. The van der Waals surface area contributed by atoms with Crippen LogP contribution in [0.4, 0.5) is 0 Å². The van der Waals surface area contributed by atoms with E-state index in [-0.39, 0.29) is 0 Å². The molecule has 0 unspecified atom stereocenters. The SMILES string of the molecule is CCCCCCCCCCCCCCCCCC[C@H](CCCCCCCCCCCC)c1[nH]cc[n+]1Cc1ccccc1. The van der Waals surface area contributed by atoms with Crippen molar-refractivity contribution in [3.63, 3.8) is 0 Å². The summed E-state index contributed by atoms with van der Waals surface area (Å²) >= 11 is 0. The van der Waals surface area contributed by atoms with Crippen molar-refractivity contribution in [2.45, 2.75) is 206 Å². The van der Waals surface area contributed by atoms with Gasteiger partial charge < -0.3 is 0 Å². The molecule has 2 aromatic rings. The maximum atomic E-state index is 3.68. The lowest BCUT2D eigenvalue weighted by molar-refractivity contribution is -0.695. The maximum absolute atomic E-state index is 3.68. The fourth-order valence-electron chi connectivity index (χ4n) is 6.88. The van der Waals surface area contributed by atoms with Gasteiger partial charge in [0.25, 0.3) is 5.82 Å². The molecule has 2 nitrogen and oxygen atoms in total. The number of benzene rings is 1. The highest BCUT2D eigenvalue weighted by Crippen LogP contribution is 2.26. The van der Waals surface area contributed by atoms with Crippen LogP contribution in [0.15, 0.2) is 42.7 Å². The molecule has 0 saturated heterocycles. The molecule has 1 atom stereocenters. The van der Waals surface area contributed by atoms with Gasteiger partial charge in [0, 0.05) is 0 Å². The zero-order valence-corrected chi connectivity index (χ0v) is 29.1. The van der Waals surface area contributed by atoms with Crippen LogP contribution in [0.25, 0.3) is 0 Å². The van der Waals surface area contributed by atoms with Crippen molar-refractivity contribution in [1.82, 2.24) is 4.98 Å². The van der Waals surface area contributed by atoms with Gasteiger partial charge in [-0.25, -0.2) is 9.55 Å². The number of aromatic nitrogens is 2. The van der Waals surface area contributed by atoms with Gasteiger partial charge in [-0.05, 0) is 18.4 Å². The number of aromatic amines is 1. The molecule has 0 aliphatic carbocycles. The summed E-state index contributed by atoms with van der Waals surface area (Å²) in [4.78, 5) is 3.68. The second-order valence-electron chi connectivity index (χ2n) is 13.7. The minimum Gasteiger partial charge on any atom is -0.247 e. The number of nitrogens with zero attached hydrogens (tertiary/aromatic N) is 1. The second kappa shape index (κ2) is 27.9. The Morgan fingerprint density at radius 2 is 0.860 bits per heavy atom. The van der Waals surface area contributed by atoms with Crippen molar-refractivity contribution < 1.29 is 4.57 Å². The normalized spacial score (nSPS) is 12.2. The first-order valence-electron chi connectivity index (χ1n) is 19.5. The Labute approximate surface area is 269 Å². The smallest absolute Gasteiger partial charge is 0.247 e. The van der Waals surface area contributed by atoms with Crippen molar-refractivity contribution in [2.24, 2.45) is 0 Å². The van der Waals surface area contributed by atoms with Crippen molar-refractivity contribution in [3.05, 3.63) is 54.1 Å². The zero-order valence-electron chi connectivity index (χ0n) is 29.1. The van der Waals surface area contributed by atoms with Gasteiger partial charge in [0.2, 0.25) is 0 Å². The summed E-state index contributed by atoms with van der Waals surface area (Å²) in [6.45, 7) is 5.60. The van der Waals surface area contributed by atoms with Crippen molar-refractivity contribution in [3.8, 4) is 0 Å². The average Bonchev–Trinajstić information content (AvgIpc) is 3.49. The highest BCUT2D eigenvalue weighted by atomic mass is 15.1. The summed E-state index contributed by atoms with van der Waals surface area (Å²) in [5.41, 5.74) is 1.40. The Bertz CT molecular complexity index is 825. The summed E-state index contributed by atoms with van der Waals surface area (Å²) in [5.74, 6) is 2.13. The lowest BCUT2D eigenvalue weighted by Crippen LogP contribution is -2.38. The number of H-pyrrole nitrogens is 1. The van der Waals surface area contributed by atoms with Gasteiger partial charge in [0.15, 0.2) is 0 Å². The molecule has 1 aromatic carbocycles. The molecule has 246 valence electrons. The van der Waals surface area contributed by atoms with Crippen molar-refractivity contribution in [2.75, 3.05) is 0 Å². The van der Waals surface area contributed by atoms with Gasteiger partial charge in [-0.15, -0.1) is 0 Å². The third-order valence-electron chi connectivity index (χ3n) is 9.69. The predicted octanol–water partition coefficient (Wildman–Crippen LogP) is 13.4. The maximum Gasteiger partial charge on any atom is 0.257 e. The number of imidazole rings is 1. The third-order valence-corrected chi connectivity index (χ3v) is 9.69. The van der Waals surface area contributed by atoms with Crippen LogP contribution in [0.3, 0.4) is 0 Å². The molecule has 2 heteroatoms. The Morgan fingerprint density at radius 3 is 1.26 bits per heavy atom. The monoisotopic (exact) mass is 594 g/mol. The molecule has 1 N–H and O–H groups in total. The predicted molar refractivity (Wildman–Crippen MR) is 190 cm³/mol. The summed E-state index contributed by atoms with van der Waals surface area (Å²) in [6.07, 6.45) is 44.4. The lowest BCUT2D eigenvalue weighted by Gasteiger charge is -2.14. The van der Waals surface area contributed by atoms with Gasteiger partial charge in [0.05, 0.1) is 5.92 Å². The second-order valence-corrected chi connectivity index (χ2v) is 13.7. The number of unbranched alkanes of at least 4 members (excludes halogenated alkanes) is 24.